The van der Waals surface area contributed by atoms with Crippen molar-refractivity contribution < 1.29 is 0 Å². The Kier molecular flexibility index (Phi) is 5.43. The van der Waals surface area contributed by atoms with Crippen molar-refractivity contribution in [3.8, 4) is 0 Å². The van der Waals surface area contributed by atoms with E-state index in [-0.39, 0.29) is 6.04 Å². The molecule has 0 bridgehead atoms. The van der Waals surface area contributed by atoms with Gasteiger partial charge in [0.15, 0.2) is 0 Å². The third kappa shape index (κ3) is 3.59. The molecule has 4 atom stereocenters. The molecule has 0 radical (unpaired) electrons. The van der Waals surface area contributed by atoms with Crippen molar-refractivity contribution >= 4 is 11.3 Å². The molecule has 3 heteroatoms. The Balaban J connectivity index is 2.13. The highest BCUT2D eigenvalue weighted by Crippen LogP contribution is 2.34. The molecule has 0 saturated heterocycles. The van der Waals surface area contributed by atoms with Crippen LogP contribution in [0.25, 0.3) is 0 Å². The van der Waals surface area contributed by atoms with Crippen LogP contribution in [0.15, 0.2) is 17.5 Å². The fourth-order valence-electron chi connectivity index (χ4n) is 3.40. The highest BCUT2D eigenvalue weighted by molar-refractivity contribution is 7.10. The molecule has 0 aromatic carbocycles. The van der Waals surface area contributed by atoms with Crippen molar-refractivity contribution in [1.29, 1.82) is 0 Å². The van der Waals surface area contributed by atoms with Gasteiger partial charge in [-0.1, -0.05) is 32.8 Å². The van der Waals surface area contributed by atoms with E-state index in [4.69, 9.17) is 5.73 Å². The molecular weight excluding hydrogens is 252 g/mol. The summed E-state index contributed by atoms with van der Waals surface area (Å²) in [5.41, 5.74) is 6.42. The predicted molar refractivity (Wildman–Crippen MR) is 84.5 cm³/mol. The van der Waals surface area contributed by atoms with Gasteiger partial charge in [-0.15, -0.1) is 11.3 Å². The molecule has 1 aromatic heterocycles. The number of thiophene rings is 1. The van der Waals surface area contributed by atoms with Gasteiger partial charge < -0.3 is 5.73 Å². The third-order valence-corrected chi connectivity index (χ3v) is 5.58. The number of likely N-dealkylation sites (N-methyl/N-ethyl adjacent to an activating group) is 1. The van der Waals surface area contributed by atoms with Crippen LogP contribution in [-0.4, -0.2) is 24.0 Å². The van der Waals surface area contributed by atoms with Crippen LogP contribution < -0.4 is 5.73 Å². The molecular formula is C16H28N2S. The van der Waals surface area contributed by atoms with Crippen LogP contribution in [0, 0.1) is 5.92 Å². The average molecular weight is 280 g/mol. The monoisotopic (exact) mass is 280 g/mol. The van der Waals surface area contributed by atoms with E-state index in [9.17, 15) is 0 Å². The molecule has 0 aliphatic heterocycles. The maximum Gasteiger partial charge on any atom is 0.0593 e. The Hall–Kier alpha value is -0.380. The smallest absolute Gasteiger partial charge is 0.0593 e. The average Bonchev–Trinajstić information content (AvgIpc) is 2.92. The summed E-state index contributed by atoms with van der Waals surface area (Å²) < 4.78 is 0. The number of rotatable bonds is 5. The lowest BCUT2D eigenvalue weighted by molar-refractivity contribution is 0.104. The normalized spacial score (nSPS) is 27.4. The van der Waals surface area contributed by atoms with E-state index >= 15 is 0 Å². The summed E-state index contributed by atoms with van der Waals surface area (Å²) in [6.07, 6.45) is 6.46. The Bertz CT molecular complexity index is 363. The van der Waals surface area contributed by atoms with E-state index in [1.54, 1.807) is 0 Å². The van der Waals surface area contributed by atoms with E-state index < -0.39 is 0 Å². The number of nitrogens with two attached hydrogens (primary N) is 1. The molecule has 2 N–H and O–H groups in total. The summed E-state index contributed by atoms with van der Waals surface area (Å²) in [6, 6.07) is 5.72. The lowest BCUT2D eigenvalue weighted by Gasteiger charge is -2.40. The van der Waals surface area contributed by atoms with Gasteiger partial charge in [0.2, 0.25) is 0 Å². The summed E-state index contributed by atoms with van der Waals surface area (Å²) in [5.74, 6) is 0.864. The minimum absolute atomic E-state index is 0.237. The first-order valence-electron chi connectivity index (χ1n) is 7.64. The number of hydrogen-bond acceptors (Lipinski definition) is 3. The Morgan fingerprint density at radius 2 is 2.26 bits per heavy atom. The topological polar surface area (TPSA) is 29.3 Å². The van der Waals surface area contributed by atoms with Crippen LogP contribution >= 0.6 is 11.3 Å². The Morgan fingerprint density at radius 3 is 2.84 bits per heavy atom. The van der Waals surface area contributed by atoms with Crippen molar-refractivity contribution in [3.63, 3.8) is 0 Å². The first-order valence-corrected chi connectivity index (χ1v) is 8.52. The number of hydrogen-bond donors (Lipinski definition) is 1. The van der Waals surface area contributed by atoms with Gasteiger partial charge in [-0.25, -0.2) is 0 Å². The van der Waals surface area contributed by atoms with Crippen LogP contribution in [0.2, 0.25) is 0 Å². The molecule has 1 aromatic rings. The van der Waals surface area contributed by atoms with Gasteiger partial charge in [-0.3, -0.25) is 4.90 Å². The van der Waals surface area contributed by atoms with E-state index in [1.165, 1.54) is 30.6 Å². The second-order valence-electron chi connectivity index (χ2n) is 6.12. The van der Waals surface area contributed by atoms with Gasteiger partial charge in [-0.2, -0.15) is 0 Å². The van der Waals surface area contributed by atoms with Crippen molar-refractivity contribution in [2.45, 2.75) is 64.1 Å². The zero-order valence-corrected chi connectivity index (χ0v) is 13.3. The molecule has 1 saturated carbocycles. The molecule has 2 rings (SSSR count). The maximum absolute atomic E-state index is 6.42. The molecule has 1 aliphatic carbocycles. The van der Waals surface area contributed by atoms with Crippen LogP contribution in [0.1, 0.15) is 56.9 Å². The predicted octanol–water partition coefficient (Wildman–Crippen LogP) is 4.04. The highest BCUT2D eigenvalue weighted by atomic mass is 32.1. The van der Waals surface area contributed by atoms with Crippen molar-refractivity contribution in [3.05, 3.63) is 22.4 Å². The number of nitrogens with zero attached hydrogens (tertiary/aromatic N) is 1. The molecule has 2 nitrogen and oxygen atoms in total. The second-order valence-corrected chi connectivity index (χ2v) is 7.10. The van der Waals surface area contributed by atoms with E-state index in [0.717, 1.165) is 12.3 Å². The summed E-state index contributed by atoms with van der Waals surface area (Å²) in [5, 5.41) is 2.17. The highest BCUT2D eigenvalue weighted by Gasteiger charge is 2.31. The SMILES string of the molecule is CCC(N)C(c1cccs1)N(C)C1CCCC(C)C1. The zero-order valence-electron chi connectivity index (χ0n) is 12.5. The molecule has 1 fully saturated rings. The fourth-order valence-corrected chi connectivity index (χ4v) is 4.35. The second kappa shape index (κ2) is 6.87. The fraction of sp³-hybridized carbons (Fsp3) is 0.750. The Labute approximate surface area is 122 Å². The third-order valence-electron chi connectivity index (χ3n) is 4.64. The quantitative estimate of drug-likeness (QED) is 0.882. The lowest BCUT2D eigenvalue weighted by Crippen LogP contribution is -2.45. The molecule has 108 valence electrons. The van der Waals surface area contributed by atoms with Crippen LogP contribution in [0.5, 0.6) is 0 Å². The lowest BCUT2D eigenvalue weighted by atomic mass is 9.85. The van der Waals surface area contributed by atoms with E-state index in [0.29, 0.717) is 12.1 Å². The van der Waals surface area contributed by atoms with Crippen molar-refractivity contribution in [2.75, 3.05) is 7.05 Å². The molecule has 0 amide bonds. The van der Waals surface area contributed by atoms with E-state index in [2.05, 4.69) is 43.3 Å². The van der Waals surface area contributed by atoms with Crippen LogP contribution in [-0.2, 0) is 0 Å². The van der Waals surface area contributed by atoms with Gasteiger partial charge in [0.1, 0.15) is 0 Å². The van der Waals surface area contributed by atoms with Gasteiger partial charge >= 0.3 is 0 Å². The standard InChI is InChI=1S/C16H28N2S/c1-4-14(17)16(15-9-6-10-19-15)18(3)13-8-5-7-12(2)11-13/h6,9-10,12-14,16H,4-5,7-8,11,17H2,1-3H3. The first kappa shape index (κ1) is 15.0. The summed E-state index contributed by atoms with van der Waals surface area (Å²) in [6.45, 7) is 4.59. The molecule has 1 heterocycles. The minimum Gasteiger partial charge on any atom is -0.326 e. The van der Waals surface area contributed by atoms with Gasteiger partial charge in [0.05, 0.1) is 6.04 Å². The molecule has 19 heavy (non-hydrogen) atoms. The van der Waals surface area contributed by atoms with Gasteiger partial charge in [-0.05, 0) is 43.7 Å². The van der Waals surface area contributed by atoms with Gasteiger partial charge in [0.25, 0.3) is 0 Å². The van der Waals surface area contributed by atoms with Gasteiger partial charge in [0, 0.05) is 17.0 Å². The summed E-state index contributed by atoms with van der Waals surface area (Å²) in [4.78, 5) is 3.99. The first-order chi connectivity index (χ1) is 9.13. The Morgan fingerprint density at radius 1 is 1.47 bits per heavy atom. The van der Waals surface area contributed by atoms with E-state index in [1.807, 2.05) is 11.3 Å². The van der Waals surface area contributed by atoms with Crippen molar-refractivity contribution in [1.82, 2.24) is 4.90 Å². The summed E-state index contributed by atoms with van der Waals surface area (Å²) >= 11 is 1.85. The maximum atomic E-state index is 6.42. The minimum atomic E-state index is 0.237. The zero-order chi connectivity index (χ0) is 13.8. The molecule has 1 aliphatic rings. The molecule has 0 spiro atoms. The molecule has 4 unspecified atom stereocenters. The van der Waals surface area contributed by atoms with Crippen LogP contribution in [0.3, 0.4) is 0 Å². The largest absolute Gasteiger partial charge is 0.326 e. The van der Waals surface area contributed by atoms with Crippen molar-refractivity contribution in [2.24, 2.45) is 11.7 Å². The van der Waals surface area contributed by atoms with Crippen LogP contribution in [0.4, 0.5) is 0 Å². The summed E-state index contributed by atoms with van der Waals surface area (Å²) in [7, 11) is 2.28.